The highest BCUT2D eigenvalue weighted by atomic mass is 16.5. The number of primary amides is 1. The number of hydroxylamine groups is 1. The van der Waals surface area contributed by atoms with Gasteiger partial charge < -0.3 is 5.73 Å². The first-order chi connectivity index (χ1) is 14.8. The average Bonchev–Trinajstić information content (AvgIpc) is 3.57. The maximum Gasteiger partial charge on any atom is 0.252 e. The fourth-order valence-corrected chi connectivity index (χ4v) is 3.27. The third kappa shape index (κ3) is 5.09. The lowest BCUT2D eigenvalue weighted by Crippen LogP contribution is -2.44. The van der Waals surface area contributed by atoms with Crippen LogP contribution in [0.1, 0.15) is 46.7 Å². The number of benzene rings is 2. The molecule has 0 aliphatic heterocycles. The van der Waals surface area contributed by atoms with Crippen molar-refractivity contribution in [1.82, 2.24) is 10.5 Å². The van der Waals surface area contributed by atoms with E-state index in [9.17, 15) is 14.4 Å². The summed E-state index contributed by atoms with van der Waals surface area (Å²) in [6, 6.07) is 13.0. The molecule has 31 heavy (non-hydrogen) atoms. The average molecular weight is 420 g/mol. The topological polar surface area (TPSA) is 139 Å². The molecule has 3 aliphatic rings. The number of hydrogen-bond donors (Lipinski definition) is 4. The number of rotatable bonds is 7. The minimum atomic E-state index is -1.05. The fraction of sp³-hybridized carbons (Fsp3) is 0.261. The van der Waals surface area contributed by atoms with Crippen LogP contribution in [0.5, 0.6) is 0 Å². The second-order valence-electron chi connectivity index (χ2n) is 7.58. The molecular formula is C23H24N4O4. The first-order valence-corrected chi connectivity index (χ1v) is 9.84. The Hall–Kier alpha value is -3.67. The molecule has 0 spiro atoms. The number of carbonyl (C=O) groups excluding carboxylic acids is 3. The SMILES string of the molecule is C#Cc1c(C(N)=O)cccc1[C@@H](CN(N)C(=O)CC1CC1)C(=O)NO.c1cc2ccc1-2. The summed E-state index contributed by atoms with van der Waals surface area (Å²) in [4.78, 5) is 35.7. The van der Waals surface area contributed by atoms with Crippen molar-refractivity contribution in [2.45, 2.75) is 25.2 Å². The van der Waals surface area contributed by atoms with Crippen LogP contribution in [0, 0.1) is 18.3 Å². The van der Waals surface area contributed by atoms with Crippen LogP contribution in [-0.2, 0) is 9.59 Å². The van der Waals surface area contributed by atoms with E-state index in [1.165, 1.54) is 29.3 Å². The second kappa shape index (κ2) is 9.43. The maximum absolute atomic E-state index is 12.1. The lowest BCUT2D eigenvalue weighted by Gasteiger charge is -2.24. The van der Waals surface area contributed by atoms with Crippen LogP contribution in [0.4, 0.5) is 0 Å². The number of nitrogens with one attached hydrogen (secondary N) is 1. The molecule has 3 amide bonds. The number of hydrazine groups is 1. The maximum atomic E-state index is 12.1. The highest BCUT2D eigenvalue weighted by Gasteiger charge is 2.30. The van der Waals surface area contributed by atoms with Crippen LogP contribution in [0.15, 0.2) is 42.5 Å². The molecule has 0 saturated heterocycles. The van der Waals surface area contributed by atoms with Gasteiger partial charge in [0.15, 0.2) is 0 Å². The Morgan fingerprint density at radius 3 is 2.19 bits per heavy atom. The molecule has 0 heterocycles. The van der Waals surface area contributed by atoms with Crippen LogP contribution >= 0.6 is 0 Å². The van der Waals surface area contributed by atoms with Crippen LogP contribution in [-0.4, -0.2) is 34.5 Å². The zero-order chi connectivity index (χ0) is 22.5. The summed E-state index contributed by atoms with van der Waals surface area (Å²) in [5, 5.41) is 9.97. The minimum Gasteiger partial charge on any atom is -0.366 e. The van der Waals surface area contributed by atoms with Gasteiger partial charge in [-0.1, -0.05) is 42.3 Å². The molecule has 0 unspecified atom stereocenters. The predicted octanol–water partition coefficient (Wildman–Crippen LogP) is 1.53. The van der Waals surface area contributed by atoms with Crippen molar-refractivity contribution in [2.75, 3.05) is 6.54 Å². The Morgan fingerprint density at radius 2 is 1.77 bits per heavy atom. The first kappa shape index (κ1) is 22.0. The molecule has 8 nitrogen and oxygen atoms in total. The monoisotopic (exact) mass is 420 g/mol. The molecular weight excluding hydrogens is 396 g/mol. The lowest BCUT2D eigenvalue weighted by atomic mass is 9.90. The second-order valence-corrected chi connectivity index (χ2v) is 7.58. The number of terminal acetylenes is 1. The fourth-order valence-electron chi connectivity index (χ4n) is 3.27. The Balaban J connectivity index is 0.000000381. The summed E-state index contributed by atoms with van der Waals surface area (Å²) >= 11 is 0. The van der Waals surface area contributed by atoms with Gasteiger partial charge in [0.05, 0.1) is 18.0 Å². The molecule has 8 heteroatoms. The molecule has 1 atom stereocenters. The number of nitrogens with zero attached hydrogens (tertiary/aromatic N) is 1. The highest BCUT2D eigenvalue weighted by molar-refractivity contribution is 5.97. The van der Waals surface area contributed by atoms with Gasteiger partial charge >= 0.3 is 0 Å². The molecule has 6 N–H and O–H groups in total. The molecule has 1 aromatic rings. The van der Waals surface area contributed by atoms with Gasteiger partial charge in [-0.05, 0) is 41.5 Å². The van der Waals surface area contributed by atoms with Crippen LogP contribution in [0.2, 0.25) is 0 Å². The van der Waals surface area contributed by atoms with E-state index < -0.39 is 17.7 Å². The molecule has 1 aromatic carbocycles. The smallest absolute Gasteiger partial charge is 0.252 e. The van der Waals surface area contributed by atoms with Gasteiger partial charge in [-0.2, -0.15) is 0 Å². The molecule has 160 valence electrons. The lowest BCUT2D eigenvalue weighted by molar-refractivity contribution is -0.135. The van der Waals surface area contributed by atoms with Gasteiger partial charge in [0.1, 0.15) is 0 Å². The zero-order valence-electron chi connectivity index (χ0n) is 16.9. The van der Waals surface area contributed by atoms with Crippen molar-refractivity contribution < 1.29 is 19.6 Å². The van der Waals surface area contributed by atoms with E-state index in [4.69, 9.17) is 23.2 Å². The molecule has 3 aliphatic carbocycles. The van der Waals surface area contributed by atoms with Gasteiger partial charge in [-0.15, -0.1) is 6.42 Å². The van der Waals surface area contributed by atoms with Crippen molar-refractivity contribution in [1.29, 1.82) is 0 Å². The summed E-state index contributed by atoms with van der Waals surface area (Å²) in [6.45, 7) is -0.200. The van der Waals surface area contributed by atoms with Crippen LogP contribution in [0.25, 0.3) is 11.1 Å². The number of hydrogen-bond acceptors (Lipinski definition) is 5. The van der Waals surface area contributed by atoms with E-state index in [0.29, 0.717) is 12.3 Å². The summed E-state index contributed by atoms with van der Waals surface area (Å²) in [5.41, 5.74) is 10.2. The van der Waals surface area contributed by atoms with Gasteiger partial charge in [0.2, 0.25) is 11.8 Å². The predicted molar refractivity (Wildman–Crippen MR) is 114 cm³/mol. The van der Waals surface area contributed by atoms with Crippen molar-refractivity contribution in [3.8, 4) is 23.5 Å². The van der Waals surface area contributed by atoms with Gasteiger partial charge in [0, 0.05) is 12.0 Å². The van der Waals surface area contributed by atoms with Gasteiger partial charge in [-0.25, -0.2) is 11.3 Å². The minimum absolute atomic E-state index is 0.0728. The van der Waals surface area contributed by atoms with Crippen molar-refractivity contribution in [3.63, 3.8) is 0 Å². The van der Waals surface area contributed by atoms with Gasteiger partial charge in [-0.3, -0.25) is 24.6 Å². The van der Waals surface area contributed by atoms with E-state index >= 15 is 0 Å². The molecule has 1 fully saturated rings. The third-order valence-corrected chi connectivity index (χ3v) is 5.39. The van der Waals surface area contributed by atoms with E-state index in [0.717, 1.165) is 17.9 Å². The number of nitrogens with two attached hydrogens (primary N) is 2. The highest BCUT2D eigenvalue weighted by Crippen LogP contribution is 2.33. The summed E-state index contributed by atoms with van der Waals surface area (Å²) in [5.74, 6) is 5.58. The van der Waals surface area contributed by atoms with Gasteiger partial charge in [0.25, 0.3) is 5.91 Å². The van der Waals surface area contributed by atoms with Crippen molar-refractivity contribution in [2.24, 2.45) is 17.5 Å². The van der Waals surface area contributed by atoms with E-state index in [1.807, 2.05) is 0 Å². The molecule has 0 aromatic heterocycles. The van der Waals surface area contributed by atoms with E-state index in [1.54, 1.807) is 5.48 Å². The van der Waals surface area contributed by atoms with Crippen LogP contribution in [0.3, 0.4) is 0 Å². The summed E-state index contributed by atoms with van der Waals surface area (Å²) < 4.78 is 0. The third-order valence-electron chi connectivity index (χ3n) is 5.39. The standard InChI is InChI=1S/C17H20N4O4.C6H4/c1-2-11-12(4-3-5-13(11)16(18)23)14(17(24)20-25)9-21(19)15(22)8-10-6-7-10;1-2-6-4-3-5(1)6/h1,3-5,10,14,25H,6-9,19H2,(H2,18,23)(H,20,24);1-4H/t14-;/m1./s1. The number of fused-ring (bicyclic) bond motifs is 1. The first-order valence-electron chi connectivity index (χ1n) is 9.84. The molecule has 4 rings (SSSR count). The zero-order valence-corrected chi connectivity index (χ0v) is 16.9. The largest absolute Gasteiger partial charge is 0.366 e. The van der Waals surface area contributed by atoms with Crippen molar-refractivity contribution >= 4 is 17.7 Å². The summed E-state index contributed by atoms with van der Waals surface area (Å²) in [6.07, 6.45) is 7.76. The quantitative estimate of drug-likeness (QED) is 0.151. The van der Waals surface area contributed by atoms with E-state index in [2.05, 4.69) is 30.2 Å². The van der Waals surface area contributed by atoms with Crippen LogP contribution < -0.4 is 17.1 Å². The number of amides is 3. The molecule has 0 radical (unpaired) electrons. The van der Waals surface area contributed by atoms with E-state index in [-0.39, 0.29) is 29.1 Å². The molecule has 0 bridgehead atoms. The Bertz CT molecular complexity index is 1020. The Kier molecular flexibility index (Phi) is 6.70. The summed E-state index contributed by atoms with van der Waals surface area (Å²) in [7, 11) is 0. The Labute approximate surface area is 180 Å². The van der Waals surface area contributed by atoms with Crippen molar-refractivity contribution in [3.05, 3.63) is 59.2 Å². The normalized spacial score (nSPS) is 13.7. The Morgan fingerprint density at radius 1 is 1.16 bits per heavy atom. The number of carbonyl (C=O) groups is 3. The molecule has 1 saturated carbocycles.